The van der Waals surface area contributed by atoms with Crippen LogP contribution in [0.2, 0.25) is 0 Å². The van der Waals surface area contributed by atoms with Crippen molar-refractivity contribution in [3.63, 3.8) is 0 Å². The zero-order valence-corrected chi connectivity index (χ0v) is 19.6. The fraction of sp³-hybridized carbons (Fsp3) is 0. The van der Waals surface area contributed by atoms with Crippen LogP contribution in [-0.2, 0) is 0 Å². The summed E-state index contributed by atoms with van der Waals surface area (Å²) >= 11 is 0. The summed E-state index contributed by atoms with van der Waals surface area (Å²) in [5.41, 5.74) is 7.58. The van der Waals surface area contributed by atoms with Crippen molar-refractivity contribution in [2.24, 2.45) is 0 Å². The highest BCUT2D eigenvalue weighted by molar-refractivity contribution is 6.22. The summed E-state index contributed by atoms with van der Waals surface area (Å²) in [6.07, 6.45) is 0. The van der Waals surface area contributed by atoms with Crippen LogP contribution < -0.4 is 4.90 Å². The Bertz CT molecular complexity index is 1790. The van der Waals surface area contributed by atoms with Gasteiger partial charge in [0.05, 0.1) is 0 Å². The van der Waals surface area contributed by atoms with Crippen LogP contribution in [0, 0.1) is 0 Å². The number of para-hydroxylation sites is 3. The molecule has 36 heavy (non-hydrogen) atoms. The smallest absolute Gasteiger partial charge is 0.136 e. The van der Waals surface area contributed by atoms with Gasteiger partial charge in [-0.3, -0.25) is 0 Å². The number of hydrogen-bond donors (Lipinski definition) is 0. The molecule has 6 aromatic carbocycles. The van der Waals surface area contributed by atoms with Gasteiger partial charge in [-0.25, -0.2) is 0 Å². The molecule has 0 unspecified atom stereocenters. The molecular formula is C34H23NO. The van der Waals surface area contributed by atoms with Crippen molar-refractivity contribution in [3.8, 4) is 11.1 Å². The van der Waals surface area contributed by atoms with E-state index < -0.39 is 0 Å². The van der Waals surface area contributed by atoms with E-state index in [4.69, 9.17) is 4.42 Å². The van der Waals surface area contributed by atoms with E-state index in [1.165, 1.54) is 27.3 Å². The summed E-state index contributed by atoms with van der Waals surface area (Å²) in [4.78, 5) is 2.30. The minimum absolute atomic E-state index is 0.919. The molecule has 0 saturated carbocycles. The van der Waals surface area contributed by atoms with Gasteiger partial charge in [-0.05, 0) is 65.0 Å². The van der Waals surface area contributed by atoms with E-state index >= 15 is 0 Å². The molecule has 2 nitrogen and oxygen atoms in total. The minimum atomic E-state index is 0.919. The molecule has 170 valence electrons. The lowest BCUT2D eigenvalue weighted by molar-refractivity contribution is 0.669. The third-order valence-corrected chi connectivity index (χ3v) is 6.83. The molecule has 0 aliphatic heterocycles. The number of benzene rings is 6. The first-order chi connectivity index (χ1) is 17.9. The molecule has 7 aromatic rings. The van der Waals surface area contributed by atoms with Gasteiger partial charge in [-0.15, -0.1) is 0 Å². The maximum atomic E-state index is 6.22. The van der Waals surface area contributed by atoms with Crippen molar-refractivity contribution in [3.05, 3.63) is 140 Å². The largest absolute Gasteiger partial charge is 0.456 e. The number of furan rings is 1. The predicted molar refractivity (Wildman–Crippen MR) is 151 cm³/mol. The molecule has 1 aromatic heterocycles. The monoisotopic (exact) mass is 461 g/mol. The molecule has 0 amide bonds. The van der Waals surface area contributed by atoms with E-state index in [9.17, 15) is 0 Å². The van der Waals surface area contributed by atoms with Gasteiger partial charge in [0, 0.05) is 33.2 Å². The summed E-state index contributed by atoms with van der Waals surface area (Å²) in [5, 5.41) is 4.76. The van der Waals surface area contributed by atoms with Crippen LogP contribution in [0.4, 0.5) is 17.1 Å². The van der Waals surface area contributed by atoms with Crippen LogP contribution in [0.15, 0.2) is 144 Å². The van der Waals surface area contributed by atoms with Gasteiger partial charge < -0.3 is 9.32 Å². The van der Waals surface area contributed by atoms with E-state index in [1.54, 1.807) is 0 Å². The topological polar surface area (TPSA) is 16.4 Å². The number of anilines is 3. The summed E-state index contributed by atoms with van der Waals surface area (Å²) in [6.45, 7) is 0. The molecule has 7 rings (SSSR count). The van der Waals surface area contributed by atoms with Crippen molar-refractivity contribution in [2.75, 3.05) is 4.90 Å². The quantitative estimate of drug-likeness (QED) is 0.259. The second kappa shape index (κ2) is 8.44. The van der Waals surface area contributed by atoms with Crippen LogP contribution in [0.25, 0.3) is 43.8 Å². The van der Waals surface area contributed by atoms with Gasteiger partial charge >= 0.3 is 0 Å². The molecule has 0 fully saturated rings. The Hall–Kier alpha value is -4.82. The van der Waals surface area contributed by atoms with Gasteiger partial charge in [0.1, 0.15) is 11.2 Å². The molecule has 0 N–H and O–H groups in total. The molecule has 2 heteroatoms. The Morgan fingerprint density at radius 3 is 1.89 bits per heavy atom. The van der Waals surface area contributed by atoms with Crippen molar-refractivity contribution in [2.45, 2.75) is 0 Å². The first kappa shape index (κ1) is 20.5. The SMILES string of the molecule is c1ccc(N(c2ccccc2)c2cccc(-c3cccc4ccc5oc6ccccc6c5c34)c2)cc1. The highest BCUT2D eigenvalue weighted by Crippen LogP contribution is 2.41. The molecular weight excluding hydrogens is 438 g/mol. The zero-order valence-electron chi connectivity index (χ0n) is 19.6. The Balaban J connectivity index is 1.48. The second-order valence-corrected chi connectivity index (χ2v) is 9.00. The predicted octanol–water partition coefficient (Wildman–Crippen LogP) is 9.88. The van der Waals surface area contributed by atoms with Gasteiger partial charge in [0.15, 0.2) is 0 Å². The van der Waals surface area contributed by atoms with Gasteiger partial charge in [0.2, 0.25) is 0 Å². The van der Waals surface area contributed by atoms with E-state index in [1.807, 2.05) is 12.1 Å². The van der Waals surface area contributed by atoms with Crippen molar-refractivity contribution in [1.82, 2.24) is 0 Å². The van der Waals surface area contributed by atoms with Crippen molar-refractivity contribution in [1.29, 1.82) is 0 Å². The van der Waals surface area contributed by atoms with Crippen molar-refractivity contribution >= 4 is 49.8 Å². The third kappa shape index (κ3) is 3.35. The number of fused-ring (bicyclic) bond motifs is 5. The Labute approximate surface area is 209 Å². The summed E-state index contributed by atoms with van der Waals surface area (Å²) in [6, 6.07) is 49.0. The molecule has 0 bridgehead atoms. The minimum Gasteiger partial charge on any atom is -0.456 e. The van der Waals surface area contributed by atoms with E-state index in [2.05, 4.69) is 132 Å². The highest BCUT2D eigenvalue weighted by atomic mass is 16.3. The maximum Gasteiger partial charge on any atom is 0.136 e. The summed E-state index contributed by atoms with van der Waals surface area (Å²) in [7, 11) is 0. The number of nitrogens with zero attached hydrogens (tertiary/aromatic N) is 1. The number of rotatable bonds is 4. The van der Waals surface area contributed by atoms with Crippen LogP contribution in [0.5, 0.6) is 0 Å². The average Bonchev–Trinajstić information content (AvgIpc) is 3.33. The molecule has 0 spiro atoms. The molecule has 0 aliphatic carbocycles. The van der Waals surface area contributed by atoms with Crippen LogP contribution in [0.1, 0.15) is 0 Å². The molecule has 1 heterocycles. The summed E-state index contributed by atoms with van der Waals surface area (Å²) < 4.78 is 6.22. The fourth-order valence-electron chi connectivity index (χ4n) is 5.25. The average molecular weight is 462 g/mol. The van der Waals surface area contributed by atoms with Crippen LogP contribution in [0.3, 0.4) is 0 Å². The first-order valence-corrected chi connectivity index (χ1v) is 12.2. The second-order valence-electron chi connectivity index (χ2n) is 9.00. The summed E-state index contributed by atoms with van der Waals surface area (Å²) in [5.74, 6) is 0. The molecule has 0 aliphatic rings. The van der Waals surface area contributed by atoms with E-state index in [0.717, 1.165) is 33.6 Å². The van der Waals surface area contributed by atoms with Gasteiger partial charge in [0.25, 0.3) is 0 Å². The van der Waals surface area contributed by atoms with Crippen molar-refractivity contribution < 1.29 is 4.42 Å². The fourth-order valence-corrected chi connectivity index (χ4v) is 5.25. The van der Waals surface area contributed by atoms with Gasteiger partial charge in [-0.1, -0.05) is 91.0 Å². The normalized spacial score (nSPS) is 11.3. The van der Waals surface area contributed by atoms with Gasteiger partial charge in [-0.2, -0.15) is 0 Å². The third-order valence-electron chi connectivity index (χ3n) is 6.83. The number of hydrogen-bond acceptors (Lipinski definition) is 2. The Morgan fingerprint density at radius 2 is 1.11 bits per heavy atom. The maximum absolute atomic E-state index is 6.22. The molecule has 0 radical (unpaired) electrons. The van der Waals surface area contributed by atoms with Crippen LogP contribution >= 0.6 is 0 Å². The first-order valence-electron chi connectivity index (χ1n) is 12.2. The Morgan fingerprint density at radius 1 is 0.444 bits per heavy atom. The zero-order chi connectivity index (χ0) is 23.9. The highest BCUT2D eigenvalue weighted by Gasteiger charge is 2.16. The lowest BCUT2D eigenvalue weighted by Crippen LogP contribution is -2.09. The van der Waals surface area contributed by atoms with E-state index in [-0.39, 0.29) is 0 Å². The molecule has 0 saturated heterocycles. The Kier molecular flexibility index (Phi) is 4.82. The lowest BCUT2D eigenvalue weighted by atomic mass is 9.94. The lowest BCUT2D eigenvalue weighted by Gasteiger charge is -2.26. The standard InChI is InChI=1S/C34H23NO/c1-3-13-26(14-4-1)35(27-15-5-2-6-16-27)28-17-9-12-25(23-28)29-19-10-11-24-21-22-32-34(33(24)29)30-18-7-8-20-31(30)36-32/h1-23H. The molecule has 0 atom stereocenters. The van der Waals surface area contributed by atoms with Crippen LogP contribution in [-0.4, -0.2) is 0 Å². The van der Waals surface area contributed by atoms with E-state index in [0.29, 0.717) is 0 Å².